The number of hydrogen-bond acceptors (Lipinski definition) is 4. The molecule has 4 nitrogen and oxygen atoms in total. The maximum absolute atomic E-state index is 12.2. The molecule has 0 fully saturated rings. The molecule has 2 aromatic rings. The van der Waals surface area contributed by atoms with Crippen molar-refractivity contribution in [3.8, 4) is 0 Å². The zero-order valence-corrected chi connectivity index (χ0v) is 16.4. The molecule has 2 atom stereocenters. The van der Waals surface area contributed by atoms with E-state index in [0.29, 0.717) is 6.61 Å². The third kappa shape index (κ3) is 5.88. The highest BCUT2D eigenvalue weighted by atomic mass is 127. The average Bonchev–Trinajstić information content (AvgIpc) is 2.65. The molecule has 0 aromatic heterocycles. The Morgan fingerprint density at radius 3 is 2.24 bits per heavy atom. The molecule has 134 valence electrons. The number of ketones is 1. The SMILES string of the molecule is CC(=O)C(CO)(COCc1ccccc1)COC(I)c1ccccc1. The molecule has 0 aliphatic rings. The zero-order valence-electron chi connectivity index (χ0n) is 14.2. The fourth-order valence-electron chi connectivity index (χ4n) is 2.32. The summed E-state index contributed by atoms with van der Waals surface area (Å²) >= 11 is 2.18. The van der Waals surface area contributed by atoms with Crippen molar-refractivity contribution in [3.05, 3.63) is 71.8 Å². The van der Waals surface area contributed by atoms with E-state index in [2.05, 4.69) is 22.6 Å². The Morgan fingerprint density at radius 1 is 1.08 bits per heavy atom. The molecular formula is C20H23IO4. The highest BCUT2D eigenvalue weighted by Crippen LogP contribution is 2.29. The Labute approximate surface area is 162 Å². The Kier molecular flexibility index (Phi) is 8.02. The fourth-order valence-corrected chi connectivity index (χ4v) is 2.91. The molecule has 2 rings (SSSR count). The molecule has 0 aliphatic carbocycles. The minimum Gasteiger partial charge on any atom is -0.395 e. The summed E-state index contributed by atoms with van der Waals surface area (Å²) in [6.45, 7) is 1.77. The summed E-state index contributed by atoms with van der Waals surface area (Å²) in [6, 6.07) is 19.5. The van der Waals surface area contributed by atoms with Gasteiger partial charge < -0.3 is 14.6 Å². The van der Waals surface area contributed by atoms with Crippen LogP contribution in [0.5, 0.6) is 0 Å². The Bertz CT molecular complexity index is 647. The van der Waals surface area contributed by atoms with Gasteiger partial charge in [-0.1, -0.05) is 60.7 Å². The van der Waals surface area contributed by atoms with Crippen LogP contribution in [0.2, 0.25) is 0 Å². The Balaban J connectivity index is 1.95. The van der Waals surface area contributed by atoms with Crippen molar-refractivity contribution in [2.24, 2.45) is 5.41 Å². The number of carbonyl (C=O) groups is 1. The minimum atomic E-state index is -1.05. The van der Waals surface area contributed by atoms with Crippen LogP contribution in [-0.4, -0.2) is 30.7 Å². The van der Waals surface area contributed by atoms with E-state index in [-0.39, 0.29) is 29.7 Å². The lowest BCUT2D eigenvalue weighted by Crippen LogP contribution is -2.42. The number of hydrogen-bond donors (Lipinski definition) is 1. The van der Waals surface area contributed by atoms with E-state index in [1.807, 2.05) is 60.7 Å². The molecule has 0 saturated carbocycles. The number of aliphatic hydroxyl groups is 1. The van der Waals surface area contributed by atoms with Crippen LogP contribution in [0, 0.1) is 5.41 Å². The van der Waals surface area contributed by atoms with Gasteiger partial charge in [-0.15, -0.1) is 0 Å². The predicted molar refractivity (Wildman–Crippen MR) is 105 cm³/mol. The van der Waals surface area contributed by atoms with Gasteiger partial charge in [-0.2, -0.15) is 0 Å². The van der Waals surface area contributed by atoms with Crippen molar-refractivity contribution in [2.45, 2.75) is 17.6 Å². The molecule has 0 saturated heterocycles. The lowest BCUT2D eigenvalue weighted by atomic mass is 9.86. The fraction of sp³-hybridized carbons (Fsp3) is 0.350. The van der Waals surface area contributed by atoms with Gasteiger partial charge in [-0.25, -0.2) is 0 Å². The van der Waals surface area contributed by atoms with Gasteiger partial charge in [0.1, 0.15) is 9.89 Å². The highest BCUT2D eigenvalue weighted by Gasteiger charge is 2.36. The second-order valence-corrected chi connectivity index (χ2v) is 7.14. The topological polar surface area (TPSA) is 55.8 Å². The van der Waals surface area contributed by atoms with E-state index in [9.17, 15) is 9.90 Å². The lowest BCUT2D eigenvalue weighted by molar-refractivity contribution is -0.140. The van der Waals surface area contributed by atoms with Gasteiger partial charge in [0.2, 0.25) is 0 Å². The largest absolute Gasteiger partial charge is 0.395 e. The molecule has 2 unspecified atom stereocenters. The summed E-state index contributed by atoms with van der Waals surface area (Å²) in [5.41, 5.74) is 0.992. The van der Waals surface area contributed by atoms with Gasteiger partial charge in [0, 0.05) is 0 Å². The number of ether oxygens (including phenoxy) is 2. The van der Waals surface area contributed by atoms with E-state index >= 15 is 0 Å². The van der Waals surface area contributed by atoms with Crippen LogP contribution >= 0.6 is 22.6 Å². The van der Waals surface area contributed by atoms with Gasteiger partial charge in [-0.3, -0.25) is 4.79 Å². The number of alkyl halides is 1. The van der Waals surface area contributed by atoms with Crippen LogP contribution in [0.1, 0.15) is 22.2 Å². The molecule has 25 heavy (non-hydrogen) atoms. The van der Waals surface area contributed by atoms with Gasteiger partial charge >= 0.3 is 0 Å². The van der Waals surface area contributed by atoms with Crippen LogP contribution in [0.3, 0.4) is 0 Å². The summed E-state index contributed by atoms with van der Waals surface area (Å²) in [7, 11) is 0. The number of Topliss-reactive ketones (excluding diaryl/α,β-unsaturated/α-hetero) is 1. The maximum atomic E-state index is 12.2. The number of rotatable bonds is 10. The van der Waals surface area contributed by atoms with Crippen LogP contribution in [0.4, 0.5) is 0 Å². The molecule has 0 amide bonds. The highest BCUT2D eigenvalue weighted by molar-refractivity contribution is 14.1. The predicted octanol–water partition coefficient (Wildman–Crippen LogP) is 3.92. The van der Waals surface area contributed by atoms with Crippen LogP contribution in [0.25, 0.3) is 0 Å². The van der Waals surface area contributed by atoms with E-state index < -0.39 is 5.41 Å². The third-order valence-corrected chi connectivity index (χ3v) is 5.19. The van der Waals surface area contributed by atoms with Crippen LogP contribution in [-0.2, 0) is 20.9 Å². The molecule has 1 N–H and O–H groups in total. The second-order valence-electron chi connectivity index (χ2n) is 6.01. The summed E-state index contributed by atoms with van der Waals surface area (Å²) in [6.07, 6.45) is 0. The van der Waals surface area contributed by atoms with E-state index in [4.69, 9.17) is 9.47 Å². The van der Waals surface area contributed by atoms with E-state index in [1.54, 1.807) is 0 Å². The molecule has 5 heteroatoms. The van der Waals surface area contributed by atoms with Gasteiger partial charge in [0.15, 0.2) is 0 Å². The van der Waals surface area contributed by atoms with Gasteiger partial charge in [0.05, 0.1) is 31.8 Å². The van der Waals surface area contributed by atoms with Crippen molar-refractivity contribution >= 4 is 28.4 Å². The molecule has 0 bridgehead atoms. The lowest BCUT2D eigenvalue weighted by Gasteiger charge is -2.29. The van der Waals surface area contributed by atoms with Crippen molar-refractivity contribution < 1.29 is 19.4 Å². The first-order valence-electron chi connectivity index (χ1n) is 8.11. The molecule has 2 aromatic carbocycles. The van der Waals surface area contributed by atoms with Crippen molar-refractivity contribution in [1.29, 1.82) is 0 Å². The second kappa shape index (κ2) is 10.0. The molecule has 0 aliphatic heterocycles. The molecular weight excluding hydrogens is 431 g/mol. The van der Waals surface area contributed by atoms with Crippen LogP contribution < -0.4 is 0 Å². The first-order chi connectivity index (χ1) is 12.1. The summed E-state index contributed by atoms with van der Waals surface area (Å²) in [4.78, 5) is 12.2. The molecule has 0 radical (unpaired) electrons. The summed E-state index contributed by atoms with van der Waals surface area (Å²) in [5.74, 6) is -0.139. The standard InChI is InChI=1S/C20H23IO4/c1-16(23)20(13-22,14-24-12-17-8-4-2-5-9-17)15-25-19(21)18-10-6-3-7-11-18/h2-11,19,22H,12-15H2,1H3. The third-order valence-electron chi connectivity index (χ3n) is 4.11. The quantitative estimate of drug-likeness (QED) is 0.437. The zero-order chi connectivity index (χ0) is 18.1. The smallest absolute Gasteiger partial charge is 0.142 e. The first-order valence-corrected chi connectivity index (χ1v) is 9.36. The molecule has 0 spiro atoms. The number of carbonyl (C=O) groups excluding carboxylic acids is 1. The summed E-state index contributed by atoms with van der Waals surface area (Å²) in [5, 5.41) is 9.84. The number of halogens is 1. The number of aliphatic hydroxyl groups excluding tert-OH is 1. The van der Waals surface area contributed by atoms with Crippen molar-refractivity contribution in [1.82, 2.24) is 0 Å². The molecule has 0 heterocycles. The Morgan fingerprint density at radius 2 is 1.68 bits per heavy atom. The van der Waals surface area contributed by atoms with Crippen molar-refractivity contribution in [2.75, 3.05) is 19.8 Å². The maximum Gasteiger partial charge on any atom is 0.142 e. The van der Waals surface area contributed by atoms with E-state index in [1.165, 1.54) is 6.92 Å². The number of benzene rings is 2. The average molecular weight is 454 g/mol. The Hall–Kier alpha value is -1.28. The first kappa shape index (κ1) is 20.0. The van der Waals surface area contributed by atoms with Gasteiger partial charge in [-0.05, 0) is 40.6 Å². The van der Waals surface area contributed by atoms with E-state index in [0.717, 1.165) is 11.1 Å². The van der Waals surface area contributed by atoms with Crippen molar-refractivity contribution in [3.63, 3.8) is 0 Å². The normalized spacial score (nSPS) is 14.7. The summed E-state index contributed by atoms with van der Waals surface area (Å²) < 4.78 is 11.4. The minimum absolute atomic E-state index is 0.107. The van der Waals surface area contributed by atoms with Crippen LogP contribution in [0.15, 0.2) is 60.7 Å². The van der Waals surface area contributed by atoms with Gasteiger partial charge in [0.25, 0.3) is 0 Å². The monoisotopic (exact) mass is 454 g/mol.